The van der Waals surface area contributed by atoms with Crippen LogP contribution < -0.4 is 16.0 Å². The minimum atomic E-state index is -0.794. The van der Waals surface area contributed by atoms with Crippen LogP contribution in [0.5, 0.6) is 5.75 Å². The van der Waals surface area contributed by atoms with Gasteiger partial charge in [-0.05, 0) is 31.2 Å². The van der Waals surface area contributed by atoms with E-state index < -0.39 is 22.5 Å². The van der Waals surface area contributed by atoms with E-state index in [-0.39, 0.29) is 36.2 Å². The standard InChI is InChI=1S/C17H19N5O6/c1-3-28-17(25)20-14-8-12(15(22(26)27)16(18)19-14)21(2)9-13(24)10-4-6-11(23)7-5-10/h4-8,23H,3,9H2,1-2H3,(H3,18,19,20,25). The van der Waals surface area contributed by atoms with Crippen molar-refractivity contribution in [2.75, 3.05) is 36.1 Å². The number of nitrogens with two attached hydrogens (primary N) is 1. The summed E-state index contributed by atoms with van der Waals surface area (Å²) < 4.78 is 4.74. The van der Waals surface area contributed by atoms with E-state index >= 15 is 0 Å². The van der Waals surface area contributed by atoms with Crippen LogP contribution in [0.15, 0.2) is 30.3 Å². The van der Waals surface area contributed by atoms with Gasteiger partial charge in [0.05, 0.1) is 18.1 Å². The van der Waals surface area contributed by atoms with Crippen LogP contribution in [0.25, 0.3) is 0 Å². The molecule has 148 valence electrons. The molecule has 0 unspecified atom stereocenters. The van der Waals surface area contributed by atoms with Gasteiger partial charge in [0.15, 0.2) is 5.78 Å². The number of likely N-dealkylation sites (N-methyl/N-ethyl adjacent to an activating group) is 1. The fourth-order valence-electron chi connectivity index (χ4n) is 2.40. The number of hydrogen-bond acceptors (Lipinski definition) is 9. The Morgan fingerprint density at radius 2 is 2.00 bits per heavy atom. The molecular weight excluding hydrogens is 370 g/mol. The van der Waals surface area contributed by atoms with Crippen LogP contribution >= 0.6 is 0 Å². The van der Waals surface area contributed by atoms with E-state index in [1.54, 1.807) is 6.92 Å². The topological polar surface area (TPSA) is 161 Å². The first-order valence-electron chi connectivity index (χ1n) is 8.15. The lowest BCUT2D eigenvalue weighted by Crippen LogP contribution is -2.27. The number of Topliss-reactive ketones (excluding diaryl/α,β-unsaturated/α-hetero) is 1. The second kappa shape index (κ2) is 8.66. The van der Waals surface area contributed by atoms with Crippen molar-refractivity contribution >= 4 is 34.9 Å². The summed E-state index contributed by atoms with van der Waals surface area (Å²) in [6.07, 6.45) is -0.794. The van der Waals surface area contributed by atoms with Gasteiger partial charge in [-0.2, -0.15) is 0 Å². The monoisotopic (exact) mass is 389 g/mol. The van der Waals surface area contributed by atoms with E-state index in [0.29, 0.717) is 5.56 Å². The zero-order valence-electron chi connectivity index (χ0n) is 15.2. The molecule has 1 amide bonds. The summed E-state index contributed by atoms with van der Waals surface area (Å²) in [6, 6.07) is 6.83. The van der Waals surface area contributed by atoms with Gasteiger partial charge in [-0.3, -0.25) is 20.2 Å². The molecule has 0 saturated heterocycles. The highest BCUT2D eigenvalue weighted by atomic mass is 16.6. The molecule has 2 rings (SSSR count). The molecule has 28 heavy (non-hydrogen) atoms. The van der Waals surface area contributed by atoms with Gasteiger partial charge in [-0.1, -0.05) is 0 Å². The smallest absolute Gasteiger partial charge is 0.412 e. The van der Waals surface area contributed by atoms with Crippen molar-refractivity contribution in [2.45, 2.75) is 6.92 Å². The molecule has 1 heterocycles. The Morgan fingerprint density at radius 1 is 1.36 bits per heavy atom. The molecule has 0 bridgehead atoms. The van der Waals surface area contributed by atoms with Gasteiger partial charge in [-0.25, -0.2) is 9.78 Å². The molecule has 0 fully saturated rings. The maximum Gasteiger partial charge on any atom is 0.412 e. The first-order valence-corrected chi connectivity index (χ1v) is 8.15. The summed E-state index contributed by atoms with van der Waals surface area (Å²) in [4.78, 5) is 39.8. The van der Waals surface area contributed by atoms with E-state index in [1.165, 1.54) is 42.3 Å². The lowest BCUT2D eigenvalue weighted by Gasteiger charge is -2.19. The van der Waals surface area contributed by atoms with E-state index in [1.807, 2.05) is 0 Å². The average Bonchev–Trinajstić information content (AvgIpc) is 2.61. The minimum absolute atomic E-state index is 0.00331. The van der Waals surface area contributed by atoms with Crippen LogP contribution in [0.2, 0.25) is 0 Å². The molecule has 4 N–H and O–H groups in total. The third-order valence-electron chi connectivity index (χ3n) is 3.67. The number of carbonyl (C=O) groups excluding carboxylic acids is 2. The fraction of sp³-hybridized carbons (Fsp3) is 0.235. The van der Waals surface area contributed by atoms with Crippen molar-refractivity contribution < 1.29 is 24.4 Å². The number of nitrogens with one attached hydrogen (secondary N) is 1. The number of ketones is 1. The number of nitrogens with zero attached hydrogens (tertiary/aromatic N) is 3. The summed E-state index contributed by atoms with van der Waals surface area (Å²) in [5, 5.41) is 23.0. The third-order valence-corrected chi connectivity index (χ3v) is 3.67. The van der Waals surface area contributed by atoms with Crippen LogP contribution in [-0.2, 0) is 4.74 Å². The Bertz CT molecular complexity index is 900. The van der Waals surface area contributed by atoms with E-state index in [4.69, 9.17) is 10.5 Å². The van der Waals surface area contributed by atoms with Crippen LogP contribution in [0, 0.1) is 10.1 Å². The highest BCUT2D eigenvalue weighted by Gasteiger charge is 2.25. The zero-order chi connectivity index (χ0) is 20.8. The molecule has 0 aliphatic carbocycles. The number of phenolic OH excluding ortho intramolecular Hbond substituents is 1. The minimum Gasteiger partial charge on any atom is -0.508 e. The molecule has 11 heteroatoms. The Kier molecular flexibility index (Phi) is 6.32. The van der Waals surface area contributed by atoms with Gasteiger partial charge in [0.25, 0.3) is 0 Å². The van der Waals surface area contributed by atoms with Gasteiger partial charge in [0.1, 0.15) is 17.3 Å². The number of nitrogen functional groups attached to an aromatic ring is 1. The summed E-state index contributed by atoms with van der Waals surface area (Å²) in [7, 11) is 1.47. The normalized spacial score (nSPS) is 10.2. The van der Waals surface area contributed by atoms with Gasteiger partial charge >= 0.3 is 11.8 Å². The highest BCUT2D eigenvalue weighted by Crippen LogP contribution is 2.34. The number of nitro groups is 1. The number of benzene rings is 1. The quantitative estimate of drug-likeness (QED) is 0.366. The number of aromatic nitrogens is 1. The van der Waals surface area contributed by atoms with Crippen LogP contribution in [0.4, 0.5) is 27.8 Å². The summed E-state index contributed by atoms with van der Waals surface area (Å²) in [5.41, 5.74) is 5.51. The van der Waals surface area contributed by atoms with E-state index in [9.17, 15) is 24.8 Å². The number of ether oxygens (including phenoxy) is 1. The first kappa shape index (κ1) is 20.4. The maximum absolute atomic E-state index is 12.4. The highest BCUT2D eigenvalue weighted by molar-refractivity contribution is 6.00. The lowest BCUT2D eigenvalue weighted by atomic mass is 10.1. The SMILES string of the molecule is CCOC(=O)Nc1cc(N(C)CC(=O)c2ccc(O)cc2)c([N+](=O)[O-])c(N)n1. The molecule has 0 saturated carbocycles. The van der Waals surface area contributed by atoms with Crippen molar-refractivity contribution in [2.24, 2.45) is 0 Å². The Morgan fingerprint density at radius 3 is 2.57 bits per heavy atom. The Hall–Kier alpha value is -3.89. The third kappa shape index (κ3) is 4.84. The van der Waals surface area contributed by atoms with Crippen molar-refractivity contribution in [3.8, 4) is 5.75 Å². The maximum atomic E-state index is 12.4. The molecule has 0 aliphatic rings. The van der Waals surface area contributed by atoms with E-state index in [0.717, 1.165) is 0 Å². The number of aromatic hydroxyl groups is 1. The molecule has 0 spiro atoms. The predicted molar refractivity (Wildman–Crippen MR) is 102 cm³/mol. The summed E-state index contributed by atoms with van der Waals surface area (Å²) >= 11 is 0. The van der Waals surface area contributed by atoms with E-state index in [2.05, 4.69) is 10.3 Å². The Labute approximate surface area is 159 Å². The van der Waals surface area contributed by atoms with Crippen molar-refractivity contribution in [3.05, 3.63) is 46.0 Å². The molecule has 2 aromatic rings. The zero-order valence-corrected chi connectivity index (χ0v) is 15.2. The van der Waals surface area contributed by atoms with Gasteiger partial charge in [0.2, 0.25) is 5.82 Å². The van der Waals surface area contributed by atoms with Gasteiger partial charge < -0.3 is 20.5 Å². The summed E-state index contributed by atoms with van der Waals surface area (Å²) in [5.74, 6) is -0.803. The summed E-state index contributed by atoms with van der Waals surface area (Å²) in [6.45, 7) is 1.53. The Balaban J connectivity index is 2.33. The van der Waals surface area contributed by atoms with Crippen LogP contribution in [-0.4, -0.2) is 47.1 Å². The molecule has 0 atom stereocenters. The fourth-order valence-corrected chi connectivity index (χ4v) is 2.40. The van der Waals surface area contributed by atoms with Crippen LogP contribution in [0.1, 0.15) is 17.3 Å². The van der Waals surface area contributed by atoms with Gasteiger partial charge in [0, 0.05) is 18.7 Å². The number of phenols is 1. The number of hydrogen-bond donors (Lipinski definition) is 3. The van der Waals surface area contributed by atoms with Crippen molar-refractivity contribution in [1.29, 1.82) is 0 Å². The largest absolute Gasteiger partial charge is 0.508 e. The molecule has 1 aromatic carbocycles. The molecular formula is C17H19N5O6. The van der Waals surface area contributed by atoms with Crippen molar-refractivity contribution in [1.82, 2.24) is 4.98 Å². The number of carbonyl (C=O) groups is 2. The lowest BCUT2D eigenvalue weighted by molar-refractivity contribution is -0.383. The second-order valence-electron chi connectivity index (χ2n) is 5.69. The number of pyridine rings is 1. The number of rotatable bonds is 7. The van der Waals surface area contributed by atoms with Crippen LogP contribution in [0.3, 0.4) is 0 Å². The second-order valence-corrected chi connectivity index (χ2v) is 5.69. The first-order chi connectivity index (χ1) is 13.2. The number of anilines is 3. The molecule has 0 radical (unpaired) electrons. The molecule has 0 aliphatic heterocycles. The molecule has 11 nitrogen and oxygen atoms in total. The predicted octanol–water partition coefficient (Wildman–Crippen LogP) is 2.17. The molecule has 1 aromatic heterocycles. The van der Waals surface area contributed by atoms with Gasteiger partial charge in [-0.15, -0.1) is 0 Å². The average molecular weight is 389 g/mol. The van der Waals surface area contributed by atoms with Crippen molar-refractivity contribution in [3.63, 3.8) is 0 Å². The number of amides is 1.